The van der Waals surface area contributed by atoms with Gasteiger partial charge in [0.25, 0.3) is 5.69 Å². The van der Waals surface area contributed by atoms with E-state index in [4.69, 9.17) is 4.74 Å². The molecule has 0 aromatic carbocycles. The van der Waals surface area contributed by atoms with Crippen LogP contribution in [0.25, 0.3) is 0 Å². The lowest BCUT2D eigenvalue weighted by atomic mass is 10.1. The van der Waals surface area contributed by atoms with Gasteiger partial charge in [0.15, 0.2) is 5.69 Å². The fourth-order valence-corrected chi connectivity index (χ4v) is 1.67. The smallest absolute Gasteiger partial charge is 0.293 e. The second-order valence-corrected chi connectivity index (χ2v) is 4.30. The zero-order valence-electron chi connectivity index (χ0n) is 11.6. The highest BCUT2D eigenvalue weighted by atomic mass is 16.6. The molecule has 9 nitrogen and oxygen atoms in total. The van der Waals surface area contributed by atoms with E-state index in [2.05, 4.69) is 10.3 Å². The molecule has 0 aliphatic rings. The normalized spacial score (nSPS) is 13.3. The molecule has 0 aliphatic carbocycles. The summed E-state index contributed by atoms with van der Waals surface area (Å²) in [5.74, 6) is -0.189. The van der Waals surface area contributed by atoms with E-state index in [0.717, 1.165) is 6.07 Å². The topological polar surface area (TPSA) is 135 Å². The second-order valence-electron chi connectivity index (χ2n) is 4.30. The summed E-state index contributed by atoms with van der Waals surface area (Å²) in [6, 6.07) is 2.43. The number of aromatic nitrogens is 1. The fourth-order valence-electron chi connectivity index (χ4n) is 1.67. The number of ether oxygens (including phenoxy) is 1. The average Bonchev–Trinajstić information content (AvgIpc) is 2.45. The van der Waals surface area contributed by atoms with Gasteiger partial charge in [0, 0.05) is 25.6 Å². The van der Waals surface area contributed by atoms with Crippen LogP contribution in [-0.2, 0) is 4.79 Å². The molecule has 0 aliphatic heterocycles. The summed E-state index contributed by atoms with van der Waals surface area (Å²) in [5, 5.41) is 33.2. The number of hydrogen-bond acceptors (Lipinski definition) is 7. The van der Waals surface area contributed by atoms with Gasteiger partial charge in [-0.05, 0) is 6.42 Å². The SMILES string of the molecule is COc1ccc([N+](=O)[O-])c(C(O)C(O)CCNC(C)=O)n1. The summed E-state index contributed by atoms with van der Waals surface area (Å²) in [6.45, 7) is 1.45. The van der Waals surface area contributed by atoms with Gasteiger partial charge in [0.1, 0.15) is 6.10 Å². The summed E-state index contributed by atoms with van der Waals surface area (Å²) >= 11 is 0. The zero-order valence-corrected chi connectivity index (χ0v) is 11.6. The van der Waals surface area contributed by atoms with Crippen LogP contribution in [0.15, 0.2) is 12.1 Å². The number of carbonyl (C=O) groups is 1. The standard InChI is InChI=1S/C12H17N3O6/c1-7(16)13-6-5-9(17)12(18)11-8(15(19)20)3-4-10(14-11)21-2/h3-4,9,12,17-18H,5-6H2,1-2H3,(H,13,16). The molecule has 0 spiro atoms. The Morgan fingerprint density at radius 3 is 2.71 bits per heavy atom. The molecular weight excluding hydrogens is 282 g/mol. The quantitative estimate of drug-likeness (QED) is 0.473. The Hall–Kier alpha value is -2.26. The number of nitro groups is 1. The minimum atomic E-state index is -1.56. The molecular formula is C12H17N3O6. The van der Waals surface area contributed by atoms with E-state index in [1.807, 2.05) is 0 Å². The summed E-state index contributed by atoms with van der Waals surface area (Å²) in [7, 11) is 1.33. The first-order valence-corrected chi connectivity index (χ1v) is 6.16. The van der Waals surface area contributed by atoms with Crippen molar-refractivity contribution in [1.29, 1.82) is 0 Å². The molecule has 21 heavy (non-hydrogen) atoms. The molecule has 1 rings (SSSR count). The van der Waals surface area contributed by atoms with Gasteiger partial charge in [-0.3, -0.25) is 14.9 Å². The first-order valence-electron chi connectivity index (χ1n) is 6.16. The maximum absolute atomic E-state index is 10.9. The van der Waals surface area contributed by atoms with Gasteiger partial charge in [-0.1, -0.05) is 0 Å². The fraction of sp³-hybridized carbons (Fsp3) is 0.500. The molecule has 0 fully saturated rings. The van der Waals surface area contributed by atoms with E-state index in [1.165, 1.54) is 20.1 Å². The predicted molar refractivity (Wildman–Crippen MR) is 71.7 cm³/mol. The van der Waals surface area contributed by atoms with Gasteiger partial charge in [-0.2, -0.15) is 0 Å². The second kappa shape index (κ2) is 7.50. The molecule has 1 amide bonds. The predicted octanol–water partition coefficient (Wildman–Crippen LogP) is -0.0811. The van der Waals surface area contributed by atoms with Crippen molar-refractivity contribution in [3.05, 3.63) is 27.9 Å². The molecule has 0 saturated carbocycles. The van der Waals surface area contributed by atoms with Crippen molar-refractivity contribution in [3.63, 3.8) is 0 Å². The molecule has 0 radical (unpaired) electrons. The van der Waals surface area contributed by atoms with E-state index < -0.39 is 22.8 Å². The van der Waals surface area contributed by atoms with Crippen LogP contribution in [0, 0.1) is 10.1 Å². The van der Waals surface area contributed by atoms with Gasteiger partial charge in [-0.15, -0.1) is 0 Å². The number of hydrogen-bond donors (Lipinski definition) is 3. The molecule has 1 heterocycles. The lowest BCUT2D eigenvalue weighted by Gasteiger charge is -2.17. The van der Waals surface area contributed by atoms with Crippen molar-refractivity contribution >= 4 is 11.6 Å². The molecule has 0 saturated heterocycles. The largest absolute Gasteiger partial charge is 0.481 e. The number of rotatable bonds is 7. The van der Waals surface area contributed by atoms with Crippen molar-refractivity contribution in [3.8, 4) is 5.88 Å². The third kappa shape index (κ3) is 4.65. The van der Waals surface area contributed by atoms with Gasteiger partial charge in [-0.25, -0.2) is 4.98 Å². The third-order valence-electron chi connectivity index (χ3n) is 2.74. The maximum Gasteiger partial charge on any atom is 0.293 e. The Bertz CT molecular complexity index is 522. The Kier molecular flexibility index (Phi) is 6.00. The Morgan fingerprint density at radius 2 is 2.19 bits per heavy atom. The van der Waals surface area contributed by atoms with Crippen molar-refractivity contribution in [2.45, 2.75) is 25.6 Å². The number of methoxy groups -OCH3 is 1. The molecule has 2 atom stereocenters. The Balaban J connectivity index is 2.90. The Morgan fingerprint density at radius 1 is 1.52 bits per heavy atom. The van der Waals surface area contributed by atoms with Crippen LogP contribution in [0.2, 0.25) is 0 Å². The van der Waals surface area contributed by atoms with Crippen LogP contribution in [0.3, 0.4) is 0 Å². The number of pyridine rings is 1. The molecule has 1 aromatic heterocycles. The highest BCUT2D eigenvalue weighted by molar-refractivity contribution is 5.72. The number of aliphatic hydroxyl groups is 2. The van der Waals surface area contributed by atoms with Crippen LogP contribution in [0.1, 0.15) is 25.1 Å². The van der Waals surface area contributed by atoms with Crippen LogP contribution in [0.5, 0.6) is 5.88 Å². The van der Waals surface area contributed by atoms with E-state index in [-0.39, 0.29) is 30.4 Å². The maximum atomic E-state index is 10.9. The lowest BCUT2D eigenvalue weighted by molar-refractivity contribution is -0.386. The number of aliphatic hydroxyl groups excluding tert-OH is 2. The van der Waals surface area contributed by atoms with Crippen LogP contribution >= 0.6 is 0 Å². The summed E-state index contributed by atoms with van der Waals surface area (Å²) in [6.07, 6.45) is -2.85. The average molecular weight is 299 g/mol. The molecule has 1 aromatic rings. The highest BCUT2D eigenvalue weighted by Crippen LogP contribution is 2.28. The number of nitrogens with zero attached hydrogens (tertiary/aromatic N) is 2. The Labute approximate surface area is 120 Å². The van der Waals surface area contributed by atoms with Crippen molar-refractivity contribution in [1.82, 2.24) is 10.3 Å². The third-order valence-corrected chi connectivity index (χ3v) is 2.74. The minimum Gasteiger partial charge on any atom is -0.481 e. The summed E-state index contributed by atoms with van der Waals surface area (Å²) in [5.41, 5.74) is -0.698. The zero-order chi connectivity index (χ0) is 16.0. The highest BCUT2D eigenvalue weighted by Gasteiger charge is 2.28. The van der Waals surface area contributed by atoms with E-state index in [1.54, 1.807) is 0 Å². The van der Waals surface area contributed by atoms with Crippen LogP contribution in [-0.4, -0.2) is 45.8 Å². The first-order chi connectivity index (χ1) is 9.86. The lowest BCUT2D eigenvalue weighted by Crippen LogP contribution is -2.28. The van der Waals surface area contributed by atoms with Crippen LogP contribution in [0.4, 0.5) is 5.69 Å². The molecule has 116 valence electrons. The van der Waals surface area contributed by atoms with Gasteiger partial charge in [0.2, 0.25) is 11.8 Å². The van der Waals surface area contributed by atoms with E-state index in [0.29, 0.717) is 0 Å². The molecule has 2 unspecified atom stereocenters. The molecule has 9 heteroatoms. The van der Waals surface area contributed by atoms with Gasteiger partial charge >= 0.3 is 0 Å². The monoisotopic (exact) mass is 299 g/mol. The minimum absolute atomic E-state index is 0.0246. The summed E-state index contributed by atoms with van der Waals surface area (Å²) in [4.78, 5) is 24.8. The number of carbonyl (C=O) groups excluding carboxylic acids is 1. The molecule has 3 N–H and O–H groups in total. The molecule has 0 bridgehead atoms. The van der Waals surface area contributed by atoms with Crippen molar-refractivity contribution in [2.24, 2.45) is 0 Å². The van der Waals surface area contributed by atoms with Gasteiger partial charge < -0.3 is 20.3 Å². The van der Waals surface area contributed by atoms with E-state index in [9.17, 15) is 25.1 Å². The van der Waals surface area contributed by atoms with E-state index >= 15 is 0 Å². The van der Waals surface area contributed by atoms with Crippen molar-refractivity contribution in [2.75, 3.05) is 13.7 Å². The summed E-state index contributed by atoms with van der Waals surface area (Å²) < 4.78 is 4.85. The number of amides is 1. The van der Waals surface area contributed by atoms with Gasteiger partial charge in [0.05, 0.1) is 18.1 Å². The van der Waals surface area contributed by atoms with Crippen molar-refractivity contribution < 1.29 is 24.7 Å². The van der Waals surface area contributed by atoms with Crippen LogP contribution < -0.4 is 10.1 Å². The first kappa shape index (κ1) is 16.8. The number of nitrogens with one attached hydrogen (secondary N) is 1.